The van der Waals surface area contributed by atoms with Crippen molar-refractivity contribution in [2.45, 2.75) is 50.1 Å². The Labute approximate surface area is 252 Å². The van der Waals surface area contributed by atoms with Gasteiger partial charge in [-0.25, -0.2) is 8.42 Å². The van der Waals surface area contributed by atoms with Gasteiger partial charge in [-0.2, -0.15) is 0 Å². The van der Waals surface area contributed by atoms with Crippen LogP contribution >= 0.6 is 11.6 Å². The van der Waals surface area contributed by atoms with E-state index in [1.165, 1.54) is 4.31 Å². The zero-order chi connectivity index (χ0) is 29.7. The molecule has 5 rings (SSSR count). The predicted molar refractivity (Wildman–Crippen MR) is 167 cm³/mol. The lowest BCUT2D eigenvalue weighted by molar-refractivity contribution is -0.141. The second-order valence-electron chi connectivity index (χ2n) is 10.5. The molecule has 0 saturated carbocycles. The van der Waals surface area contributed by atoms with Gasteiger partial charge in [0.05, 0.1) is 10.6 Å². The molecule has 0 aromatic heterocycles. The molecule has 4 aromatic carbocycles. The molecule has 1 N–H and O–H groups in total. The summed E-state index contributed by atoms with van der Waals surface area (Å²) in [6, 6.07) is 26.9. The van der Waals surface area contributed by atoms with Crippen LogP contribution in [0, 0.1) is 0 Å². The van der Waals surface area contributed by atoms with E-state index in [1.54, 1.807) is 35.2 Å². The fourth-order valence-corrected chi connectivity index (χ4v) is 7.43. The summed E-state index contributed by atoms with van der Waals surface area (Å²) in [7, 11) is -3.72. The average Bonchev–Trinajstić information content (AvgIpc) is 3.21. The molecule has 0 aliphatic carbocycles. The van der Waals surface area contributed by atoms with Crippen molar-refractivity contribution in [3.63, 3.8) is 0 Å². The first-order valence-electron chi connectivity index (χ1n) is 14.2. The smallest absolute Gasteiger partial charge is 0.265 e. The highest BCUT2D eigenvalue weighted by atomic mass is 35.5. The van der Waals surface area contributed by atoms with Gasteiger partial charge >= 0.3 is 0 Å². The number of anilines is 1. The first kappa shape index (κ1) is 29.6. The molecule has 7 nitrogen and oxygen atoms in total. The Hall–Kier alpha value is -3.88. The Kier molecular flexibility index (Phi) is 9.14. The monoisotopic (exact) mass is 603 g/mol. The number of carbonyl (C=O) groups is 2. The number of hydrogen-bond acceptors (Lipinski definition) is 4. The first-order valence-corrected chi connectivity index (χ1v) is 16.0. The van der Waals surface area contributed by atoms with E-state index in [-0.39, 0.29) is 31.3 Å². The van der Waals surface area contributed by atoms with Crippen molar-refractivity contribution in [3.05, 3.63) is 107 Å². The number of hydrogen-bond donors (Lipinski definition) is 1. The number of nitrogens with zero attached hydrogens (tertiary/aromatic N) is 2. The number of rotatable bonds is 12. The van der Waals surface area contributed by atoms with Crippen molar-refractivity contribution in [1.29, 1.82) is 0 Å². The Morgan fingerprint density at radius 2 is 1.64 bits per heavy atom. The Balaban J connectivity index is 1.39. The van der Waals surface area contributed by atoms with E-state index in [2.05, 4.69) is 5.32 Å². The van der Waals surface area contributed by atoms with Crippen LogP contribution in [0.2, 0.25) is 5.02 Å². The highest BCUT2D eigenvalue weighted by Crippen LogP contribution is 2.42. The molecular weight excluding hydrogens is 570 g/mol. The molecule has 9 heteroatoms. The minimum Gasteiger partial charge on any atom is -0.354 e. The van der Waals surface area contributed by atoms with Gasteiger partial charge in [-0.1, -0.05) is 85.3 Å². The molecule has 0 fully saturated rings. The third-order valence-electron chi connectivity index (χ3n) is 7.50. The van der Waals surface area contributed by atoms with E-state index in [0.717, 1.165) is 22.9 Å². The van der Waals surface area contributed by atoms with Crippen LogP contribution < -0.4 is 9.62 Å². The number of benzene rings is 4. The maximum absolute atomic E-state index is 13.9. The van der Waals surface area contributed by atoms with E-state index in [1.807, 2.05) is 67.6 Å². The van der Waals surface area contributed by atoms with Gasteiger partial charge in [0, 0.05) is 42.9 Å². The molecule has 0 spiro atoms. The van der Waals surface area contributed by atoms with Crippen LogP contribution in [0.15, 0.2) is 95.9 Å². The molecule has 218 valence electrons. The topological polar surface area (TPSA) is 86.8 Å². The highest BCUT2D eigenvalue weighted by Gasteiger charge is 2.36. The van der Waals surface area contributed by atoms with E-state index in [4.69, 9.17) is 11.6 Å². The van der Waals surface area contributed by atoms with Crippen molar-refractivity contribution >= 4 is 49.9 Å². The minimum atomic E-state index is -3.72. The SMILES string of the molecule is CCCNC(=O)C(Cc1ccccc1)N(Cc1cccc(Cl)c1)C(=O)CCCN1c2cccc3cccc(c23)S1(=O)=O. The van der Waals surface area contributed by atoms with Gasteiger partial charge in [0.2, 0.25) is 11.8 Å². The Morgan fingerprint density at radius 1 is 0.929 bits per heavy atom. The quantitative estimate of drug-likeness (QED) is 0.217. The van der Waals surface area contributed by atoms with Crippen molar-refractivity contribution in [2.24, 2.45) is 0 Å². The van der Waals surface area contributed by atoms with Crippen LogP contribution in [0.5, 0.6) is 0 Å². The van der Waals surface area contributed by atoms with Gasteiger partial charge in [0.25, 0.3) is 10.0 Å². The minimum absolute atomic E-state index is 0.0747. The molecule has 1 heterocycles. The Morgan fingerprint density at radius 3 is 2.38 bits per heavy atom. The third-order valence-corrected chi connectivity index (χ3v) is 9.59. The van der Waals surface area contributed by atoms with Crippen LogP contribution in [-0.2, 0) is 32.6 Å². The van der Waals surface area contributed by atoms with Gasteiger partial charge in [0.1, 0.15) is 6.04 Å². The maximum atomic E-state index is 13.9. The third kappa shape index (κ3) is 6.30. The highest BCUT2D eigenvalue weighted by molar-refractivity contribution is 7.93. The number of halogens is 1. The zero-order valence-electron chi connectivity index (χ0n) is 23.5. The molecule has 42 heavy (non-hydrogen) atoms. The summed E-state index contributed by atoms with van der Waals surface area (Å²) >= 11 is 6.26. The molecule has 0 saturated heterocycles. The molecular formula is C33H34ClN3O4S. The molecule has 0 bridgehead atoms. The molecule has 4 aromatic rings. The average molecular weight is 604 g/mol. The fourth-order valence-electron chi connectivity index (χ4n) is 5.47. The van der Waals surface area contributed by atoms with Crippen molar-refractivity contribution in [1.82, 2.24) is 10.2 Å². The van der Waals surface area contributed by atoms with E-state index >= 15 is 0 Å². The van der Waals surface area contributed by atoms with Crippen LogP contribution in [0.4, 0.5) is 5.69 Å². The maximum Gasteiger partial charge on any atom is 0.265 e. The number of sulfonamides is 1. The molecule has 1 unspecified atom stereocenters. The van der Waals surface area contributed by atoms with Crippen molar-refractivity contribution in [2.75, 3.05) is 17.4 Å². The summed E-state index contributed by atoms with van der Waals surface area (Å²) in [5.41, 5.74) is 2.38. The fraction of sp³-hybridized carbons (Fsp3) is 0.273. The van der Waals surface area contributed by atoms with Crippen LogP contribution in [0.3, 0.4) is 0 Å². The lowest BCUT2D eigenvalue weighted by atomic mass is 10.0. The Bertz CT molecular complexity index is 1690. The summed E-state index contributed by atoms with van der Waals surface area (Å²) < 4.78 is 28.2. The molecule has 0 radical (unpaired) electrons. The second-order valence-corrected chi connectivity index (χ2v) is 12.7. The largest absolute Gasteiger partial charge is 0.354 e. The van der Waals surface area contributed by atoms with E-state index in [0.29, 0.717) is 40.4 Å². The summed E-state index contributed by atoms with van der Waals surface area (Å²) in [6.45, 7) is 2.83. The summed E-state index contributed by atoms with van der Waals surface area (Å²) in [6.07, 6.45) is 1.49. The van der Waals surface area contributed by atoms with Gasteiger partial charge < -0.3 is 10.2 Å². The van der Waals surface area contributed by atoms with Crippen LogP contribution in [-0.4, -0.2) is 44.3 Å². The lowest BCUT2D eigenvalue weighted by Crippen LogP contribution is -2.50. The molecule has 1 aliphatic rings. The van der Waals surface area contributed by atoms with Crippen LogP contribution in [0.25, 0.3) is 10.8 Å². The standard InChI is InChI=1S/C33H34ClN3O4S/c1-2-19-35-33(39)29(22-24-10-4-3-5-11-24)36(23-25-12-6-15-27(34)21-25)31(38)18-9-20-37-28-16-7-13-26-14-8-17-30(32(26)28)42(37,40)41/h3-8,10-17,21,29H,2,9,18-20,22-23H2,1H3,(H,35,39). The molecule has 1 atom stereocenters. The first-order chi connectivity index (χ1) is 20.3. The summed E-state index contributed by atoms with van der Waals surface area (Å²) in [5, 5.41) is 5.09. The number of nitrogens with one attached hydrogen (secondary N) is 1. The number of carbonyl (C=O) groups excluding carboxylic acids is 2. The van der Waals surface area contributed by atoms with E-state index in [9.17, 15) is 18.0 Å². The van der Waals surface area contributed by atoms with Crippen molar-refractivity contribution < 1.29 is 18.0 Å². The predicted octanol–water partition coefficient (Wildman–Crippen LogP) is 5.95. The van der Waals surface area contributed by atoms with E-state index < -0.39 is 16.1 Å². The molecule has 1 aliphatic heterocycles. The van der Waals surface area contributed by atoms with Gasteiger partial charge in [-0.3, -0.25) is 13.9 Å². The summed E-state index contributed by atoms with van der Waals surface area (Å²) in [4.78, 5) is 29.3. The lowest BCUT2D eigenvalue weighted by Gasteiger charge is -2.32. The second kappa shape index (κ2) is 13.0. The summed E-state index contributed by atoms with van der Waals surface area (Å²) in [5.74, 6) is -0.449. The number of amides is 2. The van der Waals surface area contributed by atoms with Crippen LogP contribution in [0.1, 0.15) is 37.3 Å². The normalized spacial score (nSPS) is 14.1. The van der Waals surface area contributed by atoms with Gasteiger partial charge in [-0.15, -0.1) is 0 Å². The zero-order valence-corrected chi connectivity index (χ0v) is 25.1. The van der Waals surface area contributed by atoms with Gasteiger partial charge in [-0.05, 0) is 53.6 Å². The van der Waals surface area contributed by atoms with Gasteiger partial charge in [0.15, 0.2) is 0 Å². The molecule has 2 amide bonds. The van der Waals surface area contributed by atoms with Crippen molar-refractivity contribution in [3.8, 4) is 0 Å².